The molecule has 28 heavy (non-hydrogen) atoms. The van der Waals surface area contributed by atoms with Gasteiger partial charge in [-0.15, -0.1) is 0 Å². The number of rotatable bonds is 8. The summed E-state index contributed by atoms with van der Waals surface area (Å²) in [5, 5.41) is 5.18. The van der Waals surface area contributed by atoms with Crippen molar-refractivity contribution in [3.63, 3.8) is 0 Å². The molecule has 0 aromatic heterocycles. The lowest BCUT2D eigenvalue weighted by Crippen LogP contribution is -2.18. The van der Waals surface area contributed by atoms with Crippen molar-refractivity contribution in [1.29, 1.82) is 0 Å². The maximum absolute atomic E-state index is 12.7. The molecule has 0 heterocycles. The van der Waals surface area contributed by atoms with E-state index >= 15 is 0 Å². The van der Waals surface area contributed by atoms with Crippen molar-refractivity contribution in [3.05, 3.63) is 66.2 Å². The number of amides is 1. The third-order valence-electron chi connectivity index (χ3n) is 4.83. The number of methoxy groups -OCH3 is 1. The second-order valence-electron chi connectivity index (χ2n) is 6.91. The Morgan fingerprint density at radius 3 is 2.57 bits per heavy atom. The van der Waals surface area contributed by atoms with E-state index in [9.17, 15) is 4.79 Å². The average Bonchev–Trinajstić information content (AvgIpc) is 2.73. The van der Waals surface area contributed by atoms with Gasteiger partial charge in [-0.1, -0.05) is 43.7 Å². The van der Waals surface area contributed by atoms with Gasteiger partial charge >= 0.3 is 0 Å². The molecule has 4 heteroatoms. The largest absolute Gasteiger partial charge is 0.497 e. The highest BCUT2D eigenvalue weighted by Crippen LogP contribution is 2.26. The molecule has 0 fully saturated rings. The van der Waals surface area contributed by atoms with Crippen molar-refractivity contribution < 1.29 is 14.3 Å². The summed E-state index contributed by atoms with van der Waals surface area (Å²) in [5.41, 5.74) is 1.72. The van der Waals surface area contributed by atoms with Crippen molar-refractivity contribution in [2.45, 2.75) is 32.6 Å². The van der Waals surface area contributed by atoms with Crippen LogP contribution >= 0.6 is 0 Å². The number of anilines is 1. The summed E-state index contributed by atoms with van der Waals surface area (Å²) in [6.45, 7) is 4.73. The normalized spacial score (nSPS) is 11.8. The maximum atomic E-state index is 12.7. The first-order chi connectivity index (χ1) is 13.6. The van der Waals surface area contributed by atoms with Crippen LogP contribution in [0.15, 0.2) is 60.7 Å². The average molecular weight is 377 g/mol. The molecule has 0 unspecified atom stereocenters. The minimum absolute atomic E-state index is 0.0430. The van der Waals surface area contributed by atoms with Crippen LogP contribution in [0.5, 0.6) is 11.5 Å². The second kappa shape index (κ2) is 9.27. The summed E-state index contributed by atoms with van der Waals surface area (Å²) in [6.07, 6.45) is 2.11. The second-order valence-corrected chi connectivity index (χ2v) is 6.91. The van der Waals surface area contributed by atoms with E-state index in [2.05, 4.69) is 18.3 Å². The third-order valence-corrected chi connectivity index (χ3v) is 4.83. The Labute approximate surface area is 166 Å². The van der Waals surface area contributed by atoms with E-state index in [-0.39, 0.29) is 11.8 Å². The lowest BCUT2D eigenvalue weighted by atomic mass is 9.97. The van der Waals surface area contributed by atoms with Crippen molar-refractivity contribution in [2.24, 2.45) is 0 Å². The van der Waals surface area contributed by atoms with Crippen LogP contribution in [0.3, 0.4) is 0 Å². The van der Waals surface area contributed by atoms with E-state index in [0.29, 0.717) is 6.61 Å². The van der Waals surface area contributed by atoms with Gasteiger partial charge in [0.05, 0.1) is 19.6 Å². The van der Waals surface area contributed by atoms with Gasteiger partial charge in [0.25, 0.3) is 0 Å². The number of benzene rings is 3. The summed E-state index contributed by atoms with van der Waals surface area (Å²) in [5.74, 6) is 1.29. The fourth-order valence-corrected chi connectivity index (χ4v) is 3.04. The molecule has 1 atom stereocenters. The molecule has 0 radical (unpaired) electrons. The van der Waals surface area contributed by atoms with Crippen LogP contribution in [-0.4, -0.2) is 19.6 Å². The van der Waals surface area contributed by atoms with Gasteiger partial charge in [0.15, 0.2) is 0 Å². The third kappa shape index (κ3) is 4.83. The zero-order valence-corrected chi connectivity index (χ0v) is 16.7. The van der Waals surface area contributed by atoms with E-state index < -0.39 is 0 Å². The molecule has 0 bridgehead atoms. The molecule has 0 aliphatic carbocycles. The Morgan fingerprint density at radius 1 is 1.00 bits per heavy atom. The van der Waals surface area contributed by atoms with E-state index in [4.69, 9.17) is 9.47 Å². The van der Waals surface area contributed by atoms with Crippen molar-refractivity contribution in [1.82, 2.24) is 0 Å². The molecule has 0 aliphatic heterocycles. The van der Waals surface area contributed by atoms with Crippen LogP contribution in [0, 0.1) is 0 Å². The molecule has 0 saturated heterocycles. The Kier molecular flexibility index (Phi) is 6.53. The van der Waals surface area contributed by atoms with Crippen LogP contribution in [-0.2, 0) is 4.79 Å². The smallest absolute Gasteiger partial charge is 0.231 e. The number of nitrogens with one attached hydrogen (secondary N) is 1. The fraction of sp³-hybridized carbons (Fsp3) is 0.292. The van der Waals surface area contributed by atoms with Gasteiger partial charge in [0.1, 0.15) is 11.5 Å². The lowest BCUT2D eigenvalue weighted by molar-refractivity contribution is -0.117. The SMILES string of the molecule is CCCCOc1cccc(NC(=O)[C@@H](C)c2ccc3cc(OC)ccc3c2)c1. The first kappa shape index (κ1) is 19.7. The van der Waals surface area contributed by atoms with Gasteiger partial charge in [-0.05, 0) is 53.9 Å². The molecular formula is C24H27NO3. The maximum Gasteiger partial charge on any atom is 0.231 e. The van der Waals surface area contributed by atoms with Crippen LogP contribution < -0.4 is 14.8 Å². The molecule has 3 aromatic carbocycles. The standard InChI is InChI=1S/C24H27NO3/c1-4-5-13-28-23-8-6-7-21(16-23)25-24(26)17(2)18-9-10-20-15-22(27-3)12-11-19(20)14-18/h6-12,14-17H,4-5,13H2,1-3H3,(H,25,26)/t17-/m0/s1. The number of unbranched alkanes of at least 4 members (excludes halogenated alkanes) is 1. The molecule has 146 valence electrons. The molecule has 1 N–H and O–H groups in total. The van der Waals surface area contributed by atoms with Gasteiger partial charge in [-0.25, -0.2) is 0 Å². The van der Waals surface area contributed by atoms with E-state index in [1.807, 2.05) is 61.5 Å². The van der Waals surface area contributed by atoms with Gasteiger partial charge in [0, 0.05) is 11.8 Å². The highest BCUT2D eigenvalue weighted by atomic mass is 16.5. The van der Waals surface area contributed by atoms with E-state index in [0.717, 1.165) is 46.4 Å². The monoisotopic (exact) mass is 377 g/mol. The molecule has 3 rings (SSSR count). The number of hydrogen-bond acceptors (Lipinski definition) is 3. The first-order valence-electron chi connectivity index (χ1n) is 9.72. The van der Waals surface area contributed by atoms with E-state index in [1.165, 1.54) is 0 Å². The summed E-state index contributed by atoms with van der Waals surface area (Å²) in [7, 11) is 1.66. The Balaban J connectivity index is 1.70. The molecule has 3 aromatic rings. The quantitative estimate of drug-likeness (QED) is 0.507. The fourth-order valence-electron chi connectivity index (χ4n) is 3.04. The van der Waals surface area contributed by atoms with Gasteiger partial charge in [-0.2, -0.15) is 0 Å². The van der Waals surface area contributed by atoms with Crippen molar-refractivity contribution in [2.75, 3.05) is 19.0 Å². The predicted molar refractivity (Wildman–Crippen MR) is 114 cm³/mol. The van der Waals surface area contributed by atoms with Crippen LogP contribution in [0.2, 0.25) is 0 Å². The van der Waals surface area contributed by atoms with Crippen LogP contribution in [0.4, 0.5) is 5.69 Å². The van der Waals surface area contributed by atoms with Crippen LogP contribution in [0.25, 0.3) is 10.8 Å². The summed E-state index contributed by atoms with van der Waals surface area (Å²) < 4.78 is 11.0. The zero-order chi connectivity index (χ0) is 19.9. The highest BCUT2D eigenvalue weighted by molar-refractivity contribution is 5.96. The van der Waals surface area contributed by atoms with E-state index in [1.54, 1.807) is 7.11 Å². The number of carbonyl (C=O) groups excluding carboxylic acids is 1. The van der Waals surface area contributed by atoms with Gasteiger partial charge in [0.2, 0.25) is 5.91 Å². The summed E-state index contributed by atoms with van der Waals surface area (Å²) in [4.78, 5) is 12.7. The Bertz CT molecular complexity index is 951. The van der Waals surface area contributed by atoms with Crippen LogP contribution in [0.1, 0.15) is 38.2 Å². The zero-order valence-electron chi connectivity index (χ0n) is 16.7. The topological polar surface area (TPSA) is 47.6 Å². The van der Waals surface area contributed by atoms with Crippen molar-refractivity contribution in [3.8, 4) is 11.5 Å². The minimum Gasteiger partial charge on any atom is -0.497 e. The minimum atomic E-state index is -0.267. The van der Waals surface area contributed by atoms with Gasteiger partial charge in [-0.3, -0.25) is 4.79 Å². The number of carbonyl (C=O) groups is 1. The lowest BCUT2D eigenvalue weighted by Gasteiger charge is -2.14. The van der Waals surface area contributed by atoms with Crippen molar-refractivity contribution >= 4 is 22.4 Å². The summed E-state index contributed by atoms with van der Waals surface area (Å²) >= 11 is 0. The molecule has 0 spiro atoms. The summed E-state index contributed by atoms with van der Waals surface area (Å²) in [6, 6.07) is 19.6. The number of ether oxygens (including phenoxy) is 2. The Hall–Kier alpha value is -3.01. The van der Waals surface area contributed by atoms with Gasteiger partial charge < -0.3 is 14.8 Å². The molecule has 1 amide bonds. The predicted octanol–water partition coefficient (Wildman–Crippen LogP) is 5.77. The molecule has 4 nitrogen and oxygen atoms in total. The highest BCUT2D eigenvalue weighted by Gasteiger charge is 2.16. The molecule has 0 saturated carbocycles. The Morgan fingerprint density at radius 2 is 1.79 bits per heavy atom. The molecule has 0 aliphatic rings. The number of fused-ring (bicyclic) bond motifs is 1. The molecular weight excluding hydrogens is 350 g/mol. The number of hydrogen-bond donors (Lipinski definition) is 1. The first-order valence-corrected chi connectivity index (χ1v) is 9.72.